The third kappa shape index (κ3) is 11.4. The monoisotopic (exact) mass is 499 g/mol. The molecule has 0 aromatic heterocycles. The molecule has 212 valence electrons. The van der Waals surface area contributed by atoms with Crippen LogP contribution in [0.5, 0.6) is 0 Å². The van der Waals surface area contributed by atoms with E-state index in [4.69, 9.17) is 19.9 Å². The Morgan fingerprint density at radius 2 is 1.20 bits per heavy atom. The van der Waals surface area contributed by atoms with Gasteiger partial charge < -0.3 is 19.9 Å². The highest BCUT2D eigenvalue weighted by molar-refractivity contribution is 4.92. The summed E-state index contributed by atoms with van der Waals surface area (Å²) in [4.78, 5) is 0. The van der Waals surface area contributed by atoms with Gasteiger partial charge in [-0.1, -0.05) is 69.2 Å². The lowest BCUT2D eigenvalue weighted by Gasteiger charge is -2.47. The molecule has 0 rings (SSSR count). The maximum Gasteiger partial charge on any atom is 0.0680 e. The molecule has 3 unspecified atom stereocenters. The molecule has 0 bridgehead atoms. The van der Waals surface area contributed by atoms with Crippen molar-refractivity contribution in [3.05, 3.63) is 0 Å². The smallest absolute Gasteiger partial charge is 0.0680 e. The molecule has 0 saturated carbocycles. The van der Waals surface area contributed by atoms with Gasteiger partial charge in [-0.15, -0.1) is 0 Å². The van der Waals surface area contributed by atoms with Gasteiger partial charge in [0.25, 0.3) is 0 Å². The topological polar surface area (TPSA) is 53.7 Å². The van der Waals surface area contributed by atoms with E-state index in [1.54, 1.807) is 0 Å². The SMILES string of the molecule is CC(C)CC(C)(C)OCC(C)C(C)(C)C(C)(C)OCCC(C)(C)C(OCC(C)C(C)(C)N)C(C)C. The second kappa shape index (κ2) is 13.1. The Morgan fingerprint density at radius 1 is 0.686 bits per heavy atom. The Morgan fingerprint density at radius 3 is 1.63 bits per heavy atom. The van der Waals surface area contributed by atoms with Crippen LogP contribution in [0, 0.1) is 34.5 Å². The summed E-state index contributed by atoms with van der Waals surface area (Å²) in [6.07, 6.45) is 2.17. The van der Waals surface area contributed by atoms with Crippen LogP contribution in [0.25, 0.3) is 0 Å². The van der Waals surface area contributed by atoms with Crippen LogP contribution in [0.3, 0.4) is 0 Å². The van der Waals surface area contributed by atoms with Crippen molar-refractivity contribution in [2.45, 2.75) is 146 Å². The van der Waals surface area contributed by atoms with Gasteiger partial charge in [0.05, 0.1) is 30.5 Å². The number of hydrogen-bond donors (Lipinski definition) is 1. The van der Waals surface area contributed by atoms with E-state index in [1.165, 1.54) is 0 Å². The van der Waals surface area contributed by atoms with Crippen molar-refractivity contribution in [3.63, 3.8) is 0 Å². The van der Waals surface area contributed by atoms with Crippen LogP contribution in [0.1, 0.15) is 124 Å². The number of hydrogen-bond acceptors (Lipinski definition) is 4. The molecule has 0 fully saturated rings. The van der Waals surface area contributed by atoms with E-state index < -0.39 is 0 Å². The first-order valence-electron chi connectivity index (χ1n) is 14.1. The molecule has 0 saturated heterocycles. The van der Waals surface area contributed by atoms with Crippen LogP contribution in [-0.4, -0.2) is 42.7 Å². The highest BCUT2D eigenvalue weighted by atomic mass is 16.5. The van der Waals surface area contributed by atoms with Crippen LogP contribution < -0.4 is 5.73 Å². The van der Waals surface area contributed by atoms with E-state index >= 15 is 0 Å². The minimum Gasteiger partial charge on any atom is -0.377 e. The summed E-state index contributed by atoms with van der Waals surface area (Å²) in [5.41, 5.74) is 5.64. The van der Waals surface area contributed by atoms with Crippen molar-refractivity contribution in [2.24, 2.45) is 40.2 Å². The van der Waals surface area contributed by atoms with Gasteiger partial charge in [0.1, 0.15) is 0 Å². The fourth-order valence-electron chi connectivity index (χ4n) is 4.88. The molecule has 0 amide bonds. The molecule has 0 radical (unpaired) electrons. The molecule has 35 heavy (non-hydrogen) atoms. The van der Waals surface area contributed by atoms with Crippen molar-refractivity contribution < 1.29 is 14.2 Å². The van der Waals surface area contributed by atoms with Gasteiger partial charge >= 0.3 is 0 Å². The highest BCUT2D eigenvalue weighted by Crippen LogP contribution is 2.42. The molecule has 0 spiro atoms. The Kier molecular flexibility index (Phi) is 13.0. The summed E-state index contributed by atoms with van der Waals surface area (Å²) < 4.78 is 19.5. The molecule has 0 aliphatic rings. The molecule has 3 atom stereocenters. The third-order valence-corrected chi connectivity index (χ3v) is 8.79. The number of ether oxygens (including phenoxy) is 3. The quantitative estimate of drug-likeness (QED) is 0.219. The summed E-state index contributed by atoms with van der Waals surface area (Å²) in [6.45, 7) is 37.9. The summed E-state index contributed by atoms with van der Waals surface area (Å²) in [5, 5.41) is 0. The maximum atomic E-state index is 6.63. The third-order valence-electron chi connectivity index (χ3n) is 8.79. The molecule has 0 aliphatic carbocycles. The van der Waals surface area contributed by atoms with Crippen LogP contribution in [0.15, 0.2) is 0 Å². The molecule has 0 aliphatic heterocycles. The van der Waals surface area contributed by atoms with E-state index in [-0.39, 0.29) is 33.7 Å². The van der Waals surface area contributed by atoms with Gasteiger partial charge in [0.2, 0.25) is 0 Å². The van der Waals surface area contributed by atoms with Crippen molar-refractivity contribution in [2.75, 3.05) is 19.8 Å². The van der Waals surface area contributed by atoms with Crippen LogP contribution in [0.4, 0.5) is 0 Å². The first-order valence-corrected chi connectivity index (χ1v) is 14.1. The molecule has 4 heteroatoms. The van der Waals surface area contributed by atoms with E-state index in [2.05, 4.69) is 111 Å². The standard InChI is InChI=1S/C31H65NO3/c1-22(2)19-28(9,10)35-21-24(5)29(11,12)31(15,16)34-18-17-27(7,8)26(23(3)4)33-20-25(6)30(13,14)32/h22-26H,17-21,32H2,1-16H3. The van der Waals surface area contributed by atoms with Crippen molar-refractivity contribution in [1.29, 1.82) is 0 Å². The zero-order valence-electron chi connectivity index (χ0n) is 26.7. The second-order valence-corrected chi connectivity index (χ2v) is 15.1. The van der Waals surface area contributed by atoms with E-state index in [1.807, 2.05) is 0 Å². The van der Waals surface area contributed by atoms with Crippen LogP contribution >= 0.6 is 0 Å². The zero-order chi connectivity index (χ0) is 28.0. The van der Waals surface area contributed by atoms with Gasteiger partial charge in [0.15, 0.2) is 0 Å². The summed E-state index contributed by atoms with van der Waals surface area (Å²) >= 11 is 0. The normalized spacial score (nSPS) is 17.2. The molecular formula is C31H65NO3. The summed E-state index contributed by atoms with van der Waals surface area (Å²) in [6, 6.07) is 0. The molecule has 2 N–H and O–H groups in total. The Hall–Kier alpha value is -0.160. The van der Waals surface area contributed by atoms with Crippen molar-refractivity contribution in [1.82, 2.24) is 0 Å². The van der Waals surface area contributed by atoms with Gasteiger partial charge in [0, 0.05) is 12.1 Å². The Labute approximate surface area is 220 Å². The van der Waals surface area contributed by atoms with E-state index in [0.717, 1.165) is 19.4 Å². The highest BCUT2D eigenvalue weighted by Gasteiger charge is 2.43. The summed E-state index contributed by atoms with van der Waals surface area (Å²) in [7, 11) is 0. The van der Waals surface area contributed by atoms with Gasteiger partial charge in [-0.25, -0.2) is 0 Å². The fraction of sp³-hybridized carbons (Fsp3) is 1.00. The largest absolute Gasteiger partial charge is 0.377 e. The van der Waals surface area contributed by atoms with Crippen LogP contribution in [-0.2, 0) is 14.2 Å². The molecule has 4 nitrogen and oxygen atoms in total. The minimum absolute atomic E-state index is 0.00243. The lowest BCUT2D eigenvalue weighted by molar-refractivity contribution is -0.151. The van der Waals surface area contributed by atoms with Crippen molar-refractivity contribution in [3.8, 4) is 0 Å². The lowest BCUT2D eigenvalue weighted by atomic mass is 9.68. The second-order valence-electron chi connectivity index (χ2n) is 15.1. The molecule has 0 aromatic carbocycles. The Bertz CT molecular complexity index is 599. The average Bonchev–Trinajstić information content (AvgIpc) is 2.63. The van der Waals surface area contributed by atoms with E-state index in [0.29, 0.717) is 36.9 Å². The van der Waals surface area contributed by atoms with Crippen molar-refractivity contribution >= 4 is 0 Å². The number of nitrogens with two attached hydrogens (primary N) is 1. The predicted octanol–water partition coefficient (Wildman–Crippen LogP) is 8.12. The molecule has 0 heterocycles. The summed E-state index contributed by atoms with van der Waals surface area (Å²) in [5.74, 6) is 1.71. The zero-order valence-corrected chi connectivity index (χ0v) is 26.7. The molecule has 0 aromatic rings. The first-order chi connectivity index (χ1) is 15.5. The fourth-order valence-corrected chi connectivity index (χ4v) is 4.88. The maximum absolute atomic E-state index is 6.63. The van der Waals surface area contributed by atoms with Gasteiger partial charge in [-0.2, -0.15) is 0 Å². The van der Waals surface area contributed by atoms with E-state index in [9.17, 15) is 0 Å². The minimum atomic E-state index is -0.277. The first kappa shape index (κ1) is 34.8. The number of rotatable bonds is 17. The average molecular weight is 500 g/mol. The predicted molar refractivity (Wildman–Crippen MR) is 153 cm³/mol. The van der Waals surface area contributed by atoms with Crippen LogP contribution in [0.2, 0.25) is 0 Å². The lowest BCUT2D eigenvalue weighted by Crippen LogP contribution is -2.48. The van der Waals surface area contributed by atoms with Gasteiger partial charge in [-0.3, -0.25) is 0 Å². The van der Waals surface area contributed by atoms with Gasteiger partial charge in [-0.05, 0) is 88.9 Å². The molecular weight excluding hydrogens is 434 g/mol. The Balaban J connectivity index is 5.10.